The molecule has 30 heavy (non-hydrogen) atoms. The third kappa shape index (κ3) is 5.70. The summed E-state index contributed by atoms with van der Waals surface area (Å²) in [5.74, 6) is -3.61. The Labute approximate surface area is 174 Å². The monoisotopic (exact) mass is 423 g/mol. The van der Waals surface area contributed by atoms with E-state index in [1.165, 1.54) is 13.0 Å². The largest absolute Gasteiger partial charge is 0.507 e. The minimum Gasteiger partial charge on any atom is -0.507 e. The van der Waals surface area contributed by atoms with Gasteiger partial charge in [0.25, 0.3) is 5.91 Å². The van der Waals surface area contributed by atoms with E-state index < -0.39 is 54.5 Å². The minimum atomic E-state index is -1.83. The molecule has 0 saturated carbocycles. The van der Waals surface area contributed by atoms with E-state index >= 15 is 0 Å². The second-order valence-electron chi connectivity index (χ2n) is 8.21. The fourth-order valence-corrected chi connectivity index (χ4v) is 3.61. The van der Waals surface area contributed by atoms with Crippen molar-refractivity contribution in [2.24, 2.45) is 11.8 Å². The highest BCUT2D eigenvalue weighted by molar-refractivity contribution is 5.95. The van der Waals surface area contributed by atoms with Crippen LogP contribution >= 0.6 is 0 Å². The topological polar surface area (TPSA) is 153 Å². The molecular formula is C21H29NO8. The van der Waals surface area contributed by atoms with Crippen LogP contribution in [-0.4, -0.2) is 62.6 Å². The van der Waals surface area contributed by atoms with E-state index in [0.717, 1.165) is 0 Å². The lowest BCUT2D eigenvalue weighted by atomic mass is 9.90. The Morgan fingerprint density at radius 3 is 2.50 bits per heavy atom. The first kappa shape index (κ1) is 23.6. The number of amides is 1. The fourth-order valence-electron chi connectivity index (χ4n) is 3.61. The number of carbonyl (C=O) groups is 3. The number of benzene rings is 1. The van der Waals surface area contributed by atoms with Crippen LogP contribution in [0.4, 0.5) is 0 Å². The number of carbonyl (C=O) groups excluding carboxylic acids is 2. The number of aliphatic hydroxyl groups excluding tert-OH is 2. The maximum Gasteiger partial charge on any atom is 0.342 e. The van der Waals surface area contributed by atoms with Gasteiger partial charge in [-0.1, -0.05) is 32.9 Å². The summed E-state index contributed by atoms with van der Waals surface area (Å²) in [5, 5.41) is 41.7. The molecule has 1 amide bonds. The Kier molecular flexibility index (Phi) is 7.80. The molecule has 166 valence electrons. The van der Waals surface area contributed by atoms with Gasteiger partial charge in [0, 0.05) is 6.42 Å². The molecule has 1 aromatic rings. The molecule has 9 heteroatoms. The SMILES string of the molecule is CC(C)C[C@H](NC(=O)[C@@H](O)[C@@H](O)[C@@H](C)CC(=O)O)[C@@H]1Cc2cccc(O)c2C(=O)O1. The summed E-state index contributed by atoms with van der Waals surface area (Å²) in [6.45, 7) is 5.26. The molecule has 9 nitrogen and oxygen atoms in total. The molecule has 0 aromatic heterocycles. The predicted molar refractivity (Wildman–Crippen MR) is 106 cm³/mol. The van der Waals surface area contributed by atoms with Crippen LogP contribution in [-0.2, 0) is 20.7 Å². The molecule has 0 fully saturated rings. The normalized spacial score (nSPS) is 19.9. The summed E-state index contributed by atoms with van der Waals surface area (Å²) in [6, 6.07) is 4.06. The van der Waals surface area contributed by atoms with Gasteiger partial charge in [0.15, 0.2) is 6.10 Å². The summed E-state index contributed by atoms with van der Waals surface area (Å²) in [7, 11) is 0. The maximum atomic E-state index is 12.5. The van der Waals surface area contributed by atoms with Gasteiger partial charge in [-0.2, -0.15) is 0 Å². The van der Waals surface area contributed by atoms with Gasteiger partial charge in [-0.15, -0.1) is 0 Å². The quantitative estimate of drug-likeness (QED) is 0.366. The zero-order chi connectivity index (χ0) is 22.6. The number of hydrogen-bond donors (Lipinski definition) is 5. The number of aromatic hydroxyl groups is 1. The third-order valence-electron chi connectivity index (χ3n) is 5.19. The van der Waals surface area contributed by atoms with Crippen molar-refractivity contribution in [3.8, 4) is 5.75 Å². The molecule has 0 spiro atoms. The van der Waals surface area contributed by atoms with Gasteiger partial charge < -0.3 is 30.5 Å². The summed E-state index contributed by atoms with van der Waals surface area (Å²) >= 11 is 0. The van der Waals surface area contributed by atoms with Crippen LogP contribution in [0.1, 0.15) is 49.5 Å². The number of aliphatic carboxylic acids is 1. The molecule has 0 bridgehead atoms. The number of nitrogens with one attached hydrogen (secondary N) is 1. The van der Waals surface area contributed by atoms with E-state index in [-0.39, 0.29) is 23.7 Å². The summed E-state index contributed by atoms with van der Waals surface area (Å²) in [5.41, 5.74) is 0.691. The van der Waals surface area contributed by atoms with Crippen LogP contribution in [0.5, 0.6) is 5.75 Å². The molecule has 1 heterocycles. The van der Waals surface area contributed by atoms with Crippen molar-refractivity contribution >= 4 is 17.8 Å². The second kappa shape index (κ2) is 9.90. The van der Waals surface area contributed by atoms with Crippen molar-refractivity contribution in [1.29, 1.82) is 0 Å². The molecule has 0 unspecified atom stereocenters. The van der Waals surface area contributed by atoms with Gasteiger partial charge in [0.05, 0.1) is 18.6 Å². The van der Waals surface area contributed by atoms with Crippen molar-refractivity contribution < 1.29 is 39.5 Å². The van der Waals surface area contributed by atoms with Crippen molar-refractivity contribution in [1.82, 2.24) is 5.32 Å². The Morgan fingerprint density at radius 1 is 1.23 bits per heavy atom. The number of fused-ring (bicyclic) bond motifs is 1. The minimum absolute atomic E-state index is 0.0984. The molecule has 0 radical (unpaired) electrons. The lowest BCUT2D eigenvalue weighted by molar-refractivity contribution is -0.145. The zero-order valence-corrected chi connectivity index (χ0v) is 17.2. The third-order valence-corrected chi connectivity index (χ3v) is 5.19. The molecule has 0 aliphatic carbocycles. The van der Waals surface area contributed by atoms with Crippen molar-refractivity contribution in [3.63, 3.8) is 0 Å². The van der Waals surface area contributed by atoms with Crippen LogP contribution in [0, 0.1) is 11.8 Å². The van der Waals surface area contributed by atoms with Crippen molar-refractivity contribution in [3.05, 3.63) is 29.3 Å². The maximum absolute atomic E-state index is 12.5. The number of aliphatic hydroxyl groups is 2. The molecular weight excluding hydrogens is 394 g/mol. The van der Waals surface area contributed by atoms with Gasteiger partial charge >= 0.3 is 11.9 Å². The average Bonchev–Trinajstić information content (AvgIpc) is 2.65. The lowest BCUT2D eigenvalue weighted by Gasteiger charge is -2.34. The number of hydrogen-bond acceptors (Lipinski definition) is 7. The van der Waals surface area contributed by atoms with Crippen LogP contribution in [0.25, 0.3) is 0 Å². The Balaban J connectivity index is 2.15. The Morgan fingerprint density at radius 2 is 1.90 bits per heavy atom. The second-order valence-corrected chi connectivity index (χ2v) is 8.21. The van der Waals surface area contributed by atoms with Crippen LogP contribution in [0.3, 0.4) is 0 Å². The zero-order valence-electron chi connectivity index (χ0n) is 17.2. The lowest BCUT2D eigenvalue weighted by Crippen LogP contribution is -2.54. The van der Waals surface area contributed by atoms with Crippen molar-refractivity contribution in [2.45, 2.75) is 64.4 Å². The molecule has 5 atom stereocenters. The number of rotatable bonds is 9. The molecule has 0 saturated heterocycles. The highest BCUT2D eigenvalue weighted by Crippen LogP contribution is 2.30. The number of carboxylic acid groups (broad SMARTS) is 1. The van der Waals surface area contributed by atoms with Gasteiger partial charge in [0.1, 0.15) is 17.4 Å². The predicted octanol–water partition coefficient (Wildman–Crippen LogP) is 0.837. The standard InChI is InChI=1S/C21H29NO8/c1-10(2)7-13(22-20(28)19(27)18(26)11(3)8-16(24)25)15-9-12-5-4-6-14(23)17(12)21(29)30-15/h4-6,10-11,13,15,18-19,23,26-27H,7-9H2,1-3H3,(H,22,28)(H,24,25)/t11-,13-,15-,18-,19-/m0/s1. The van der Waals surface area contributed by atoms with Gasteiger partial charge in [-0.05, 0) is 29.9 Å². The number of ether oxygens (including phenoxy) is 1. The van der Waals surface area contributed by atoms with Gasteiger partial charge in [-0.3, -0.25) is 9.59 Å². The number of carboxylic acids is 1. The van der Waals surface area contributed by atoms with E-state index in [1.54, 1.807) is 12.1 Å². The highest BCUT2D eigenvalue weighted by atomic mass is 16.5. The number of phenolic OH excluding ortho intramolecular Hbond substituents is 1. The van der Waals surface area contributed by atoms with Crippen LogP contribution in [0.15, 0.2) is 18.2 Å². The van der Waals surface area contributed by atoms with E-state index in [9.17, 15) is 29.7 Å². The molecule has 1 aromatic carbocycles. The molecule has 1 aliphatic rings. The Bertz CT molecular complexity index is 793. The Hall–Kier alpha value is -2.65. The first-order valence-corrected chi connectivity index (χ1v) is 9.91. The van der Waals surface area contributed by atoms with E-state index in [2.05, 4.69) is 5.32 Å². The van der Waals surface area contributed by atoms with E-state index in [0.29, 0.717) is 12.0 Å². The number of esters is 1. The summed E-state index contributed by atoms with van der Waals surface area (Å²) < 4.78 is 5.46. The highest BCUT2D eigenvalue weighted by Gasteiger charge is 2.37. The van der Waals surface area contributed by atoms with E-state index in [4.69, 9.17) is 9.84 Å². The smallest absolute Gasteiger partial charge is 0.342 e. The van der Waals surface area contributed by atoms with Gasteiger partial charge in [-0.25, -0.2) is 4.79 Å². The first-order chi connectivity index (χ1) is 14.0. The summed E-state index contributed by atoms with van der Waals surface area (Å²) in [6.07, 6.45) is -3.82. The average molecular weight is 423 g/mol. The molecule has 1 aliphatic heterocycles. The van der Waals surface area contributed by atoms with Gasteiger partial charge in [0.2, 0.25) is 0 Å². The fraction of sp³-hybridized carbons (Fsp3) is 0.571. The molecule has 2 rings (SSSR count). The van der Waals surface area contributed by atoms with Crippen molar-refractivity contribution in [2.75, 3.05) is 0 Å². The first-order valence-electron chi connectivity index (χ1n) is 9.91. The number of cyclic esters (lactones) is 1. The van der Waals surface area contributed by atoms with Crippen LogP contribution in [0.2, 0.25) is 0 Å². The summed E-state index contributed by atoms with van der Waals surface area (Å²) in [4.78, 5) is 35.7. The number of phenols is 1. The van der Waals surface area contributed by atoms with E-state index in [1.807, 2.05) is 13.8 Å². The molecule has 5 N–H and O–H groups in total. The van der Waals surface area contributed by atoms with Crippen LogP contribution < -0.4 is 5.32 Å².